The van der Waals surface area contributed by atoms with E-state index in [4.69, 9.17) is 27.9 Å². The van der Waals surface area contributed by atoms with Gasteiger partial charge in [0.25, 0.3) is 15.9 Å². The molecule has 1 amide bonds. The predicted octanol–water partition coefficient (Wildman–Crippen LogP) is 5.45. The second kappa shape index (κ2) is 9.38. The molecule has 3 aromatic carbocycles. The number of anilines is 2. The Morgan fingerprint density at radius 3 is 2.37 bits per heavy atom. The lowest BCUT2D eigenvalue weighted by Crippen LogP contribution is -2.16. The average molecular weight is 465 g/mol. The topological polar surface area (TPSA) is 84.5 Å². The second-order valence-corrected chi connectivity index (χ2v) is 8.70. The van der Waals surface area contributed by atoms with Crippen molar-refractivity contribution in [3.63, 3.8) is 0 Å². The molecule has 0 fully saturated rings. The van der Waals surface area contributed by atoms with E-state index in [1.807, 2.05) is 6.92 Å². The van der Waals surface area contributed by atoms with Crippen LogP contribution in [0.3, 0.4) is 0 Å². The van der Waals surface area contributed by atoms with E-state index < -0.39 is 15.9 Å². The van der Waals surface area contributed by atoms with Gasteiger partial charge in [-0.2, -0.15) is 0 Å². The molecular weight excluding hydrogens is 447 g/mol. The first kappa shape index (κ1) is 22.0. The summed E-state index contributed by atoms with van der Waals surface area (Å²) in [4.78, 5) is 12.5. The maximum atomic E-state index is 12.8. The Kier molecular flexibility index (Phi) is 6.87. The lowest BCUT2D eigenvalue weighted by atomic mass is 10.2. The van der Waals surface area contributed by atoms with Crippen molar-refractivity contribution in [1.82, 2.24) is 0 Å². The molecule has 0 saturated heterocycles. The van der Waals surface area contributed by atoms with Crippen LogP contribution in [0.1, 0.15) is 17.3 Å². The Bertz CT molecular complexity index is 1170. The molecule has 156 valence electrons. The number of sulfonamides is 1. The number of nitrogens with one attached hydrogen (secondary N) is 2. The Hall–Kier alpha value is -2.74. The van der Waals surface area contributed by atoms with Crippen molar-refractivity contribution in [2.45, 2.75) is 11.8 Å². The maximum absolute atomic E-state index is 12.8. The molecule has 6 nitrogen and oxygen atoms in total. The highest BCUT2D eigenvalue weighted by Gasteiger charge is 2.19. The monoisotopic (exact) mass is 464 g/mol. The molecular formula is C21H18Cl2N2O4S. The molecule has 0 spiro atoms. The molecule has 0 aromatic heterocycles. The molecule has 30 heavy (non-hydrogen) atoms. The third-order valence-electron chi connectivity index (χ3n) is 3.99. The third kappa shape index (κ3) is 5.44. The highest BCUT2D eigenvalue weighted by molar-refractivity contribution is 7.92. The number of halogens is 2. The first-order valence-corrected chi connectivity index (χ1v) is 11.1. The molecule has 0 radical (unpaired) electrons. The first-order chi connectivity index (χ1) is 14.3. The summed E-state index contributed by atoms with van der Waals surface area (Å²) in [5.74, 6) is 0.0762. The highest BCUT2D eigenvalue weighted by Crippen LogP contribution is 2.25. The van der Waals surface area contributed by atoms with Crippen LogP contribution in [-0.2, 0) is 10.0 Å². The van der Waals surface area contributed by atoms with Gasteiger partial charge in [-0.1, -0.05) is 29.3 Å². The second-order valence-electron chi connectivity index (χ2n) is 6.17. The van der Waals surface area contributed by atoms with Crippen molar-refractivity contribution in [1.29, 1.82) is 0 Å². The highest BCUT2D eigenvalue weighted by atomic mass is 35.5. The SMILES string of the molecule is CCOc1ccc(NS(=O)(=O)c2ccc(Cl)c(C(=O)Nc3cccc(Cl)c3)c2)cc1. The zero-order valence-corrected chi connectivity index (χ0v) is 18.2. The smallest absolute Gasteiger partial charge is 0.261 e. The van der Waals surface area contributed by atoms with E-state index in [-0.39, 0.29) is 15.5 Å². The van der Waals surface area contributed by atoms with Gasteiger partial charge in [-0.3, -0.25) is 9.52 Å². The van der Waals surface area contributed by atoms with Crippen LogP contribution in [0, 0.1) is 0 Å². The van der Waals surface area contributed by atoms with E-state index in [2.05, 4.69) is 10.0 Å². The van der Waals surface area contributed by atoms with Crippen molar-refractivity contribution < 1.29 is 17.9 Å². The summed E-state index contributed by atoms with van der Waals surface area (Å²) in [5, 5.41) is 3.22. The van der Waals surface area contributed by atoms with Crippen LogP contribution in [0.25, 0.3) is 0 Å². The standard InChI is InChI=1S/C21H18Cl2N2O4S/c1-2-29-17-8-6-15(7-9-17)25-30(27,28)18-10-11-20(23)19(13-18)21(26)24-16-5-3-4-14(22)12-16/h3-13,25H,2H2,1H3,(H,24,26). The van der Waals surface area contributed by atoms with Gasteiger partial charge in [-0.25, -0.2) is 8.42 Å². The molecule has 2 N–H and O–H groups in total. The minimum Gasteiger partial charge on any atom is -0.494 e. The van der Waals surface area contributed by atoms with Crippen LogP contribution in [0.15, 0.2) is 71.6 Å². The largest absolute Gasteiger partial charge is 0.494 e. The summed E-state index contributed by atoms with van der Waals surface area (Å²) in [7, 11) is -3.94. The van der Waals surface area contributed by atoms with E-state index >= 15 is 0 Å². The van der Waals surface area contributed by atoms with Crippen molar-refractivity contribution >= 4 is 50.5 Å². The summed E-state index contributed by atoms with van der Waals surface area (Å²) in [6.45, 7) is 2.37. The van der Waals surface area contributed by atoms with Gasteiger partial charge in [0.2, 0.25) is 0 Å². The van der Waals surface area contributed by atoms with Crippen molar-refractivity contribution in [2.24, 2.45) is 0 Å². The summed E-state index contributed by atoms with van der Waals surface area (Å²) in [5.41, 5.74) is 0.842. The fourth-order valence-corrected chi connectivity index (χ4v) is 4.09. The van der Waals surface area contributed by atoms with Crippen LogP contribution >= 0.6 is 23.2 Å². The van der Waals surface area contributed by atoms with Gasteiger partial charge in [0.15, 0.2) is 0 Å². The van der Waals surface area contributed by atoms with Gasteiger partial charge < -0.3 is 10.1 Å². The van der Waals surface area contributed by atoms with Gasteiger partial charge >= 0.3 is 0 Å². The van der Waals surface area contributed by atoms with Gasteiger partial charge in [0.05, 0.1) is 22.1 Å². The molecule has 0 heterocycles. The number of benzene rings is 3. The minimum absolute atomic E-state index is 0.0196. The summed E-state index contributed by atoms with van der Waals surface area (Å²) >= 11 is 12.1. The average Bonchev–Trinajstić information content (AvgIpc) is 2.69. The summed E-state index contributed by atoms with van der Waals surface area (Å²) in [6, 6.07) is 17.0. The minimum atomic E-state index is -3.94. The number of hydrogen-bond donors (Lipinski definition) is 2. The fraction of sp³-hybridized carbons (Fsp3) is 0.0952. The Morgan fingerprint density at radius 2 is 1.70 bits per heavy atom. The van der Waals surface area contributed by atoms with Crippen LogP contribution < -0.4 is 14.8 Å². The third-order valence-corrected chi connectivity index (χ3v) is 5.94. The van der Waals surface area contributed by atoms with Gasteiger partial charge in [0.1, 0.15) is 5.75 Å². The lowest BCUT2D eigenvalue weighted by Gasteiger charge is -2.12. The quantitative estimate of drug-likeness (QED) is 0.486. The molecule has 3 rings (SSSR count). The lowest BCUT2D eigenvalue weighted by molar-refractivity contribution is 0.102. The van der Waals surface area contributed by atoms with Crippen LogP contribution in [0.4, 0.5) is 11.4 Å². The van der Waals surface area contributed by atoms with E-state index in [9.17, 15) is 13.2 Å². The number of carbonyl (C=O) groups excluding carboxylic acids is 1. The van der Waals surface area contributed by atoms with Crippen molar-refractivity contribution in [2.75, 3.05) is 16.6 Å². The molecule has 0 unspecified atom stereocenters. The van der Waals surface area contributed by atoms with E-state index in [0.29, 0.717) is 28.8 Å². The molecule has 3 aromatic rings. The molecule has 0 aliphatic rings. The predicted molar refractivity (Wildman–Crippen MR) is 119 cm³/mol. The first-order valence-electron chi connectivity index (χ1n) is 8.90. The number of rotatable bonds is 7. The van der Waals surface area contributed by atoms with Gasteiger partial charge in [0, 0.05) is 16.4 Å². The molecule has 9 heteroatoms. The Labute approximate surface area is 184 Å². The number of carbonyl (C=O) groups is 1. The van der Waals surface area contributed by atoms with Gasteiger partial charge in [-0.15, -0.1) is 0 Å². The fourth-order valence-electron chi connectivity index (χ4n) is 2.61. The van der Waals surface area contributed by atoms with Crippen molar-refractivity contribution in [3.05, 3.63) is 82.3 Å². The molecule has 0 saturated carbocycles. The van der Waals surface area contributed by atoms with Crippen LogP contribution in [0.2, 0.25) is 10.0 Å². The molecule has 0 atom stereocenters. The van der Waals surface area contributed by atoms with E-state index in [1.54, 1.807) is 48.5 Å². The number of ether oxygens (including phenoxy) is 1. The zero-order valence-electron chi connectivity index (χ0n) is 15.9. The van der Waals surface area contributed by atoms with Gasteiger partial charge in [-0.05, 0) is 67.6 Å². The van der Waals surface area contributed by atoms with E-state index in [0.717, 1.165) is 0 Å². The normalized spacial score (nSPS) is 11.0. The molecule has 0 aliphatic heterocycles. The number of amides is 1. The summed E-state index contributed by atoms with van der Waals surface area (Å²) in [6.07, 6.45) is 0. The van der Waals surface area contributed by atoms with Crippen LogP contribution in [0.5, 0.6) is 5.75 Å². The molecule has 0 aliphatic carbocycles. The van der Waals surface area contributed by atoms with E-state index in [1.165, 1.54) is 18.2 Å². The summed E-state index contributed by atoms with van der Waals surface area (Å²) < 4.78 is 33.3. The zero-order chi connectivity index (χ0) is 21.7. The van der Waals surface area contributed by atoms with Crippen molar-refractivity contribution in [3.8, 4) is 5.75 Å². The van der Waals surface area contributed by atoms with Crippen LogP contribution in [-0.4, -0.2) is 20.9 Å². The Balaban J connectivity index is 1.83. The molecule has 0 bridgehead atoms. The Morgan fingerprint density at radius 1 is 0.967 bits per heavy atom. The number of hydrogen-bond acceptors (Lipinski definition) is 4. The maximum Gasteiger partial charge on any atom is 0.261 e.